The molecule has 0 aromatic carbocycles. The van der Waals surface area contributed by atoms with Crippen LogP contribution in [-0.4, -0.2) is 66.2 Å². The maximum atomic E-state index is 12.4. The first-order valence-electron chi connectivity index (χ1n) is 11.7. The number of rotatable bonds is 6. The second kappa shape index (κ2) is 10.0. The van der Waals surface area contributed by atoms with E-state index in [2.05, 4.69) is 24.1 Å². The van der Waals surface area contributed by atoms with Gasteiger partial charge < -0.3 is 19.9 Å². The molecule has 2 aromatic rings. The van der Waals surface area contributed by atoms with Gasteiger partial charge in [-0.15, -0.1) is 11.3 Å². The lowest BCUT2D eigenvalue weighted by molar-refractivity contribution is -0.141. The zero-order chi connectivity index (χ0) is 22.7. The molecule has 2 aromatic heterocycles. The van der Waals surface area contributed by atoms with Gasteiger partial charge in [0.25, 0.3) is 0 Å². The number of anilines is 1. The van der Waals surface area contributed by atoms with Crippen LogP contribution in [0.4, 0.5) is 10.6 Å². The normalized spacial score (nSPS) is 18.5. The van der Waals surface area contributed by atoms with Crippen LogP contribution in [0.25, 0.3) is 10.2 Å². The van der Waals surface area contributed by atoms with Crippen LogP contribution >= 0.6 is 11.3 Å². The molecular weight excluding hydrogens is 426 g/mol. The molecular formula is C23H33N5O3S. The van der Waals surface area contributed by atoms with Crippen LogP contribution in [0, 0.1) is 5.92 Å². The van der Waals surface area contributed by atoms with E-state index >= 15 is 0 Å². The van der Waals surface area contributed by atoms with Gasteiger partial charge in [-0.25, -0.2) is 14.8 Å². The number of ether oxygens (including phenoxy) is 1. The lowest BCUT2D eigenvalue weighted by atomic mass is 9.89. The van der Waals surface area contributed by atoms with Crippen molar-refractivity contribution in [3.8, 4) is 0 Å². The molecule has 1 N–H and O–H groups in total. The smallest absolute Gasteiger partial charge is 0.325 e. The Morgan fingerprint density at radius 1 is 1.19 bits per heavy atom. The molecule has 1 aliphatic heterocycles. The molecule has 0 saturated carbocycles. The number of amides is 2. The Morgan fingerprint density at radius 2 is 1.97 bits per heavy atom. The van der Waals surface area contributed by atoms with Crippen LogP contribution in [0.5, 0.6) is 0 Å². The molecule has 0 radical (unpaired) electrons. The number of urea groups is 1. The van der Waals surface area contributed by atoms with E-state index in [0.717, 1.165) is 48.1 Å². The molecule has 2 aliphatic rings. The highest BCUT2D eigenvalue weighted by Crippen LogP contribution is 2.41. The Balaban J connectivity index is 1.51. The summed E-state index contributed by atoms with van der Waals surface area (Å²) in [7, 11) is 0. The Kier molecular flexibility index (Phi) is 7.13. The summed E-state index contributed by atoms with van der Waals surface area (Å²) in [6.07, 6.45) is 5.33. The summed E-state index contributed by atoms with van der Waals surface area (Å²) >= 11 is 1.84. The summed E-state index contributed by atoms with van der Waals surface area (Å²) in [4.78, 5) is 40.5. The van der Waals surface area contributed by atoms with Gasteiger partial charge in [0.1, 0.15) is 23.0 Å². The van der Waals surface area contributed by atoms with E-state index in [1.54, 1.807) is 11.8 Å². The van der Waals surface area contributed by atoms with Gasteiger partial charge in [0.2, 0.25) is 0 Å². The number of piperazine rings is 1. The highest BCUT2D eigenvalue weighted by Gasteiger charge is 2.28. The quantitative estimate of drug-likeness (QED) is 0.668. The number of fused-ring (bicyclic) bond motifs is 3. The molecule has 9 heteroatoms. The monoisotopic (exact) mass is 459 g/mol. The van der Waals surface area contributed by atoms with E-state index < -0.39 is 5.97 Å². The fourth-order valence-electron chi connectivity index (χ4n) is 4.52. The number of nitrogens with zero attached hydrogens (tertiary/aromatic N) is 4. The summed E-state index contributed by atoms with van der Waals surface area (Å²) in [6.45, 7) is 9.05. The third kappa shape index (κ3) is 4.82. The van der Waals surface area contributed by atoms with Gasteiger partial charge in [-0.05, 0) is 44.1 Å². The van der Waals surface area contributed by atoms with Crippen molar-refractivity contribution >= 4 is 39.4 Å². The van der Waals surface area contributed by atoms with E-state index in [9.17, 15) is 9.59 Å². The molecule has 2 amide bonds. The number of carbonyl (C=O) groups is 2. The van der Waals surface area contributed by atoms with Gasteiger partial charge in [0.15, 0.2) is 0 Å². The maximum Gasteiger partial charge on any atom is 0.325 e. The van der Waals surface area contributed by atoms with Crippen molar-refractivity contribution in [1.29, 1.82) is 0 Å². The number of aromatic nitrogens is 2. The minimum Gasteiger partial charge on any atom is -0.465 e. The van der Waals surface area contributed by atoms with Crippen LogP contribution in [0.1, 0.15) is 49.9 Å². The van der Waals surface area contributed by atoms with E-state index in [-0.39, 0.29) is 12.6 Å². The van der Waals surface area contributed by atoms with Crippen LogP contribution in [0.3, 0.4) is 0 Å². The minimum absolute atomic E-state index is 0.0980. The molecule has 3 heterocycles. The van der Waals surface area contributed by atoms with Crippen molar-refractivity contribution in [3.63, 3.8) is 0 Å². The zero-order valence-electron chi connectivity index (χ0n) is 19.3. The van der Waals surface area contributed by atoms with E-state index in [4.69, 9.17) is 14.7 Å². The average Bonchev–Trinajstić information content (AvgIpc) is 3.14. The topological polar surface area (TPSA) is 87.7 Å². The predicted octanol–water partition coefficient (Wildman–Crippen LogP) is 3.16. The number of hydrogen-bond acceptors (Lipinski definition) is 7. The number of esters is 1. The Morgan fingerprint density at radius 3 is 2.69 bits per heavy atom. The lowest BCUT2D eigenvalue weighted by Crippen LogP contribution is -2.52. The first-order valence-corrected chi connectivity index (χ1v) is 12.6. The zero-order valence-corrected chi connectivity index (χ0v) is 20.1. The van der Waals surface area contributed by atoms with Crippen molar-refractivity contribution in [2.75, 3.05) is 44.2 Å². The predicted molar refractivity (Wildman–Crippen MR) is 126 cm³/mol. The highest BCUT2D eigenvalue weighted by atomic mass is 32.1. The Bertz CT molecular complexity index is 984. The summed E-state index contributed by atoms with van der Waals surface area (Å²) in [5, 5.41) is 3.89. The average molecular weight is 460 g/mol. The summed E-state index contributed by atoms with van der Waals surface area (Å²) < 4.78 is 4.88. The van der Waals surface area contributed by atoms with Gasteiger partial charge in [0.05, 0.1) is 12.0 Å². The van der Waals surface area contributed by atoms with E-state index in [0.29, 0.717) is 32.8 Å². The fraction of sp³-hybridized carbons (Fsp3) is 0.652. The molecule has 174 valence electrons. The molecule has 4 rings (SSSR count). The molecule has 0 bridgehead atoms. The molecule has 0 unspecified atom stereocenters. The van der Waals surface area contributed by atoms with E-state index in [1.807, 2.05) is 11.3 Å². The van der Waals surface area contributed by atoms with Crippen molar-refractivity contribution in [2.24, 2.45) is 5.92 Å². The van der Waals surface area contributed by atoms with Crippen molar-refractivity contribution < 1.29 is 14.3 Å². The number of nitrogens with one attached hydrogen (secondary N) is 1. The van der Waals surface area contributed by atoms with Crippen molar-refractivity contribution in [2.45, 2.75) is 52.9 Å². The summed E-state index contributed by atoms with van der Waals surface area (Å²) in [5.41, 5.74) is 1.44. The Labute approximate surface area is 193 Å². The number of aryl methyl sites for hydroxylation is 2. The first kappa shape index (κ1) is 22.8. The second-order valence-corrected chi connectivity index (χ2v) is 9.77. The van der Waals surface area contributed by atoms with Gasteiger partial charge >= 0.3 is 12.0 Å². The van der Waals surface area contributed by atoms with Crippen LogP contribution < -0.4 is 10.2 Å². The number of hydrogen-bond donors (Lipinski definition) is 1. The molecule has 0 spiro atoms. The summed E-state index contributed by atoms with van der Waals surface area (Å²) in [5.74, 6) is 2.26. The van der Waals surface area contributed by atoms with Gasteiger partial charge in [0, 0.05) is 37.5 Å². The van der Waals surface area contributed by atoms with Crippen LogP contribution in [0.2, 0.25) is 0 Å². The molecule has 8 nitrogen and oxygen atoms in total. The van der Waals surface area contributed by atoms with Crippen molar-refractivity contribution in [3.05, 3.63) is 16.3 Å². The number of thiophene rings is 1. The van der Waals surface area contributed by atoms with Crippen LogP contribution in [0.15, 0.2) is 0 Å². The first-order chi connectivity index (χ1) is 15.5. The second-order valence-electron chi connectivity index (χ2n) is 8.68. The lowest BCUT2D eigenvalue weighted by Gasteiger charge is -2.36. The summed E-state index contributed by atoms with van der Waals surface area (Å²) in [6, 6.07) is -0.223. The van der Waals surface area contributed by atoms with Gasteiger partial charge in [-0.1, -0.05) is 13.8 Å². The fourth-order valence-corrected chi connectivity index (χ4v) is 5.92. The van der Waals surface area contributed by atoms with E-state index in [1.165, 1.54) is 22.2 Å². The SMILES string of the molecule is CCCc1nc(N2CCN(C(=O)NCC(=O)OCC)CC2)c2c3c(sc2n1)C[C@@H](C)CC3. The maximum absolute atomic E-state index is 12.4. The molecule has 1 aliphatic carbocycles. The molecule has 32 heavy (non-hydrogen) atoms. The van der Waals surface area contributed by atoms with Crippen molar-refractivity contribution in [1.82, 2.24) is 20.2 Å². The standard InChI is InChI=1S/C23H33N5O3S/c1-4-6-18-25-21(20-16-8-7-15(3)13-17(16)32-22(20)26-18)27-9-11-28(12-10-27)23(30)24-14-19(29)31-5-2/h15H,4-14H2,1-3H3,(H,24,30)/t15-/m0/s1. The molecule has 1 atom stereocenters. The van der Waals surface area contributed by atoms with Crippen LogP contribution in [-0.2, 0) is 28.8 Å². The Hall–Kier alpha value is -2.42. The minimum atomic E-state index is -0.414. The third-order valence-electron chi connectivity index (χ3n) is 6.21. The molecule has 1 fully saturated rings. The van der Waals surface area contributed by atoms with Gasteiger partial charge in [-0.3, -0.25) is 4.79 Å². The van der Waals surface area contributed by atoms with Gasteiger partial charge in [-0.2, -0.15) is 0 Å². The molecule has 1 saturated heterocycles. The largest absolute Gasteiger partial charge is 0.465 e. The number of carbonyl (C=O) groups excluding carboxylic acids is 2. The highest BCUT2D eigenvalue weighted by molar-refractivity contribution is 7.19. The third-order valence-corrected chi connectivity index (χ3v) is 7.36.